The molecule has 0 atom stereocenters. The molecule has 2 aromatic carbocycles. The van der Waals surface area contributed by atoms with Crippen LogP contribution in [0.1, 0.15) is 21.5 Å². The summed E-state index contributed by atoms with van der Waals surface area (Å²) >= 11 is 8.19. The minimum absolute atomic E-state index is 0.00185. The fourth-order valence-electron chi connectivity index (χ4n) is 2.77. The summed E-state index contributed by atoms with van der Waals surface area (Å²) < 4.78 is 49.5. The van der Waals surface area contributed by atoms with E-state index in [0.29, 0.717) is 0 Å². The summed E-state index contributed by atoms with van der Waals surface area (Å²) in [7, 11) is 1.11. The molecule has 1 heterocycles. The molecule has 0 aliphatic carbocycles. The number of nitrogens with zero attached hydrogens (tertiary/aromatic N) is 1. The van der Waals surface area contributed by atoms with E-state index in [2.05, 4.69) is 10.3 Å². The highest BCUT2D eigenvalue weighted by Gasteiger charge is 2.24. The molecule has 0 radical (unpaired) electrons. The van der Waals surface area contributed by atoms with Crippen LogP contribution < -0.4 is 11.1 Å². The van der Waals surface area contributed by atoms with Gasteiger partial charge in [-0.15, -0.1) is 0 Å². The minimum atomic E-state index is -1.33. The molecule has 0 saturated carbocycles. The number of pyridine rings is 1. The predicted octanol–water partition coefficient (Wildman–Crippen LogP) is 5.46. The number of halogens is 5. The summed E-state index contributed by atoms with van der Waals surface area (Å²) in [6, 6.07) is 7.26. The molecule has 0 unspecified atom stereocenters. The van der Waals surface area contributed by atoms with Crippen LogP contribution in [-0.4, -0.2) is 18.1 Å². The number of hydrogen-bond donors (Lipinski definition) is 2. The third-order valence-electron chi connectivity index (χ3n) is 4.26. The van der Waals surface area contributed by atoms with Crippen LogP contribution in [0.3, 0.4) is 0 Å². The van der Waals surface area contributed by atoms with Crippen molar-refractivity contribution >= 4 is 57.4 Å². The van der Waals surface area contributed by atoms with E-state index in [1.54, 1.807) is 18.2 Å². The van der Waals surface area contributed by atoms with Crippen LogP contribution in [0.25, 0.3) is 0 Å². The number of carbonyl (C=O) groups excluding carboxylic acids is 1. The molecule has 10 heteroatoms. The van der Waals surface area contributed by atoms with Crippen molar-refractivity contribution in [2.45, 2.75) is 6.42 Å². The first-order chi connectivity index (χ1) is 14.2. The van der Waals surface area contributed by atoms with Crippen molar-refractivity contribution in [3.63, 3.8) is 0 Å². The zero-order chi connectivity index (χ0) is 22.0. The second-order valence-corrected chi connectivity index (χ2v) is 7.83. The molecule has 1 aromatic heterocycles. The Kier molecular flexibility index (Phi) is 6.71. The SMILES string of the molecule is COC(=O)c1cc(Cc2ccnc(N)c2F)c(F)c(F)c1Nc1ccc(I)cc1Cl. The van der Waals surface area contributed by atoms with Gasteiger partial charge in [0.05, 0.1) is 29.1 Å². The number of nitrogen functional groups attached to an aromatic ring is 1. The van der Waals surface area contributed by atoms with E-state index in [4.69, 9.17) is 22.1 Å². The molecule has 30 heavy (non-hydrogen) atoms. The zero-order valence-electron chi connectivity index (χ0n) is 15.4. The lowest BCUT2D eigenvalue weighted by Gasteiger charge is -2.16. The minimum Gasteiger partial charge on any atom is -0.465 e. The Morgan fingerprint density at radius 1 is 1.17 bits per heavy atom. The molecule has 3 rings (SSSR count). The third-order valence-corrected chi connectivity index (χ3v) is 5.24. The van der Waals surface area contributed by atoms with E-state index in [0.717, 1.165) is 16.7 Å². The highest BCUT2D eigenvalue weighted by atomic mass is 127. The number of benzene rings is 2. The summed E-state index contributed by atoms with van der Waals surface area (Å²) in [5.74, 6) is -4.70. The van der Waals surface area contributed by atoms with Gasteiger partial charge in [-0.3, -0.25) is 0 Å². The molecular weight excluding hydrogens is 534 g/mol. The molecule has 0 amide bonds. The fraction of sp³-hybridized carbons (Fsp3) is 0.100. The number of methoxy groups -OCH3 is 1. The van der Waals surface area contributed by atoms with Crippen LogP contribution in [0.15, 0.2) is 36.5 Å². The zero-order valence-corrected chi connectivity index (χ0v) is 18.3. The van der Waals surface area contributed by atoms with Gasteiger partial charge in [0.1, 0.15) is 0 Å². The number of rotatable bonds is 5. The first-order valence-electron chi connectivity index (χ1n) is 8.43. The Balaban J connectivity index is 2.11. The lowest BCUT2D eigenvalue weighted by molar-refractivity contribution is 0.0601. The fourth-order valence-corrected chi connectivity index (χ4v) is 3.67. The topological polar surface area (TPSA) is 77.2 Å². The van der Waals surface area contributed by atoms with Crippen molar-refractivity contribution in [2.75, 3.05) is 18.2 Å². The van der Waals surface area contributed by atoms with Crippen molar-refractivity contribution in [2.24, 2.45) is 0 Å². The van der Waals surface area contributed by atoms with E-state index >= 15 is 0 Å². The monoisotopic (exact) mass is 547 g/mol. The van der Waals surface area contributed by atoms with Crippen LogP contribution >= 0.6 is 34.2 Å². The highest BCUT2D eigenvalue weighted by molar-refractivity contribution is 14.1. The van der Waals surface area contributed by atoms with Gasteiger partial charge in [-0.1, -0.05) is 11.6 Å². The summed E-state index contributed by atoms with van der Waals surface area (Å²) in [6.07, 6.45) is 0.897. The average molecular weight is 548 g/mol. The van der Waals surface area contributed by atoms with Crippen molar-refractivity contribution in [1.82, 2.24) is 4.98 Å². The molecule has 3 N–H and O–H groups in total. The van der Waals surface area contributed by atoms with Crippen LogP contribution in [0, 0.1) is 21.0 Å². The average Bonchev–Trinajstić information content (AvgIpc) is 2.71. The van der Waals surface area contributed by atoms with Crippen LogP contribution in [-0.2, 0) is 11.2 Å². The molecule has 5 nitrogen and oxygen atoms in total. The summed E-state index contributed by atoms with van der Waals surface area (Å²) in [5.41, 5.74) is 4.72. The van der Waals surface area contributed by atoms with Gasteiger partial charge in [-0.05, 0) is 64.0 Å². The summed E-state index contributed by atoms with van der Waals surface area (Å²) in [4.78, 5) is 15.9. The predicted molar refractivity (Wildman–Crippen MR) is 117 cm³/mol. The largest absolute Gasteiger partial charge is 0.465 e. The van der Waals surface area contributed by atoms with Gasteiger partial charge in [0.25, 0.3) is 0 Å². The number of carbonyl (C=O) groups is 1. The van der Waals surface area contributed by atoms with Gasteiger partial charge in [0.15, 0.2) is 23.3 Å². The first kappa shape index (κ1) is 22.2. The molecule has 0 saturated heterocycles. The molecule has 0 bridgehead atoms. The maximum Gasteiger partial charge on any atom is 0.340 e. The van der Waals surface area contributed by atoms with E-state index < -0.39 is 29.1 Å². The molecular formula is C20H14ClF3IN3O2. The lowest BCUT2D eigenvalue weighted by atomic mass is 10.00. The number of hydrogen-bond acceptors (Lipinski definition) is 5. The van der Waals surface area contributed by atoms with Gasteiger partial charge in [0.2, 0.25) is 0 Å². The Labute approximate surface area is 188 Å². The number of nitrogens with two attached hydrogens (primary N) is 1. The van der Waals surface area contributed by atoms with Gasteiger partial charge in [-0.2, -0.15) is 0 Å². The van der Waals surface area contributed by atoms with Crippen LogP contribution in [0.5, 0.6) is 0 Å². The number of anilines is 3. The molecule has 0 aliphatic heterocycles. The highest BCUT2D eigenvalue weighted by Crippen LogP contribution is 2.34. The van der Waals surface area contributed by atoms with Crippen LogP contribution in [0.2, 0.25) is 5.02 Å². The lowest BCUT2D eigenvalue weighted by Crippen LogP contribution is -2.12. The van der Waals surface area contributed by atoms with E-state index in [1.807, 2.05) is 22.6 Å². The second kappa shape index (κ2) is 9.09. The smallest absolute Gasteiger partial charge is 0.340 e. The van der Waals surface area contributed by atoms with E-state index in [-0.39, 0.29) is 39.6 Å². The van der Waals surface area contributed by atoms with Gasteiger partial charge in [0, 0.05) is 16.2 Å². The van der Waals surface area contributed by atoms with Gasteiger partial charge < -0.3 is 15.8 Å². The number of nitrogens with one attached hydrogen (secondary N) is 1. The number of ether oxygens (including phenoxy) is 1. The first-order valence-corrected chi connectivity index (χ1v) is 9.88. The van der Waals surface area contributed by atoms with Gasteiger partial charge >= 0.3 is 5.97 Å². The van der Waals surface area contributed by atoms with Crippen molar-refractivity contribution in [3.8, 4) is 0 Å². The van der Waals surface area contributed by atoms with Crippen LogP contribution in [0.4, 0.5) is 30.4 Å². The van der Waals surface area contributed by atoms with Crippen molar-refractivity contribution < 1.29 is 22.7 Å². The van der Waals surface area contributed by atoms with Crippen molar-refractivity contribution in [3.05, 3.63) is 79.3 Å². The Hall–Kier alpha value is -2.53. The van der Waals surface area contributed by atoms with Gasteiger partial charge in [-0.25, -0.2) is 22.9 Å². The number of esters is 1. The standard InChI is InChI=1S/C20H14ClF3IN3O2/c1-30-20(29)12-7-10(6-9-4-5-27-19(26)16(9)23)15(22)17(24)18(12)28-14-3-2-11(25)8-13(14)21/h2-5,7-8,28H,6H2,1H3,(H2,26,27). The maximum atomic E-state index is 15.0. The molecule has 0 fully saturated rings. The van der Waals surface area contributed by atoms with E-state index in [9.17, 15) is 18.0 Å². The summed E-state index contributed by atoms with van der Waals surface area (Å²) in [5, 5.41) is 2.89. The van der Waals surface area contributed by atoms with Crippen molar-refractivity contribution in [1.29, 1.82) is 0 Å². The molecule has 0 aliphatic rings. The Morgan fingerprint density at radius 2 is 1.90 bits per heavy atom. The third kappa shape index (κ3) is 4.46. The molecule has 0 spiro atoms. The maximum absolute atomic E-state index is 15.0. The molecule has 3 aromatic rings. The quantitative estimate of drug-likeness (QED) is 0.328. The number of aromatic nitrogens is 1. The molecule has 156 valence electrons. The summed E-state index contributed by atoms with van der Waals surface area (Å²) in [6.45, 7) is 0. The second-order valence-electron chi connectivity index (χ2n) is 6.17. The van der Waals surface area contributed by atoms with E-state index in [1.165, 1.54) is 12.3 Å². The Morgan fingerprint density at radius 3 is 2.57 bits per heavy atom. The Bertz CT molecular complexity index is 1140. The normalized spacial score (nSPS) is 10.7.